The maximum Gasteiger partial charge on any atom is 0.417 e. The Morgan fingerprint density at radius 2 is 1.85 bits per heavy atom. The molecule has 2 aliphatic rings. The number of aromatic amines is 1. The summed E-state index contributed by atoms with van der Waals surface area (Å²) in [7, 11) is 1.89. The summed E-state index contributed by atoms with van der Waals surface area (Å²) in [6.07, 6.45) is -4.42. The second kappa shape index (κ2) is 9.88. The maximum absolute atomic E-state index is 16.2. The Morgan fingerprint density at radius 1 is 1.10 bits per heavy atom. The molecule has 1 aromatic heterocycles. The summed E-state index contributed by atoms with van der Waals surface area (Å²) in [5.74, 6) is -2.80. The third-order valence-corrected chi connectivity index (χ3v) is 6.87. The molecule has 2 N–H and O–H groups in total. The van der Waals surface area contributed by atoms with Gasteiger partial charge in [0.2, 0.25) is 12.4 Å². The zero-order valence-electron chi connectivity index (χ0n) is 20.8. The van der Waals surface area contributed by atoms with Crippen LogP contribution in [0.3, 0.4) is 0 Å². The van der Waals surface area contributed by atoms with Gasteiger partial charge in [-0.05, 0) is 31.7 Å². The molecule has 1 atom stereocenters. The van der Waals surface area contributed by atoms with E-state index in [2.05, 4.69) is 5.32 Å². The molecule has 0 spiro atoms. The zero-order chi connectivity index (χ0) is 28.1. The van der Waals surface area contributed by atoms with Gasteiger partial charge in [0.05, 0.1) is 22.4 Å². The minimum atomic E-state index is -5.03. The zero-order valence-corrected chi connectivity index (χ0v) is 20.8. The summed E-state index contributed by atoms with van der Waals surface area (Å²) in [6.45, 7) is 3.08. The number of aromatic nitrogens is 1. The molecular formula is C26H23F5N4O4. The Bertz CT molecular complexity index is 1510. The van der Waals surface area contributed by atoms with Gasteiger partial charge in [-0.15, -0.1) is 0 Å². The van der Waals surface area contributed by atoms with Crippen LogP contribution in [0, 0.1) is 11.6 Å². The van der Waals surface area contributed by atoms with Crippen molar-refractivity contribution in [2.75, 3.05) is 43.7 Å². The van der Waals surface area contributed by atoms with Crippen molar-refractivity contribution in [2.24, 2.45) is 0 Å². The second-order valence-electron chi connectivity index (χ2n) is 9.36. The van der Waals surface area contributed by atoms with E-state index < -0.39 is 51.7 Å². The van der Waals surface area contributed by atoms with Crippen molar-refractivity contribution in [2.45, 2.75) is 19.1 Å². The van der Waals surface area contributed by atoms with Crippen LogP contribution in [0.4, 0.5) is 33.3 Å². The quantitative estimate of drug-likeness (QED) is 0.467. The van der Waals surface area contributed by atoms with E-state index in [1.54, 1.807) is 4.90 Å². The third kappa shape index (κ3) is 5.01. The molecule has 1 saturated heterocycles. The van der Waals surface area contributed by atoms with Crippen LogP contribution in [0.5, 0.6) is 11.5 Å². The number of benzene rings is 2. The van der Waals surface area contributed by atoms with E-state index in [4.69, 9.17) is 9.47 Å². The summed E-state index contributed by atoms with van der Waals surface area (Å²) in [5.41, 5.74) is -4.43. The number of ether oxygens (including phenoxy) is 2. The number of fused-ring (bicyclic) bond motifs is 1. The first-order chi connectivity index (χ1) is 18.4. The number of piperazine rings is 1. The number of nitrogens with one attached hydrogen (secondary N) is 2. The molecule has 0 radical (unpaired) electrons. The molecule has 39 heavy (non-hydrogen) atoms. The van der Waals surface area contributed by atoms with Crippen molar-refractivity contribution < 1.29 is 36.2 Å². The molecule has 5 rings (SSSR count). The SMILES string of the molecule is C[C@H]1CN(c2cc(F)c(-c3ccc4c(c3)OCO4)c(F)c2NC(=O)c2c[nH]c(=O)cc2C(F)(F)F)CCN1C. The molecule has 0 unspecified atom stereocenters. The first-order valence-corrected chi connectivity index (χ1v) is 11.9. The number of carbonyl (C=O) groups excluding carboxylic acids is 1. The Hall–Kier alpha value is -4.13. The van der Waals surface area contributed by atoms with Gasteiger partial charge in [-0.25, -0.2) is 8.78 Å². The van der Waals surface area contributed by atoms with Crippen molar-refractivity contribution in [1.29, 1.82) is 0 Å². The Balaban J connectivity index is 1.63. The lowest BCUT2D eigenvalue weighted by Crippen LogP contribution is -2.50. The summed E-state index contributed by atoms with van der Waals surface area (Å²) < 4.78 is 83.1. The smallest absolute Gasteiger partial charge is 0.417 e. The second-order valence-corrected chi connectivity index (χ2v) is 9.36. The van der Waals surface area contributed by atoms with E-state index in [0.717, 1.165) is 6.07 Å². The summed E-state index contributed by atoms with van der Waals surface area (Å²) >= 11 is 0. The number of hydrogen-bond donors (Lipinski definition) is 2. The molecule has 1 fully saturated rings. The average molecular weight is 550 g/mol. The molecule has 2 aromatic carbocycles. The molecule has 8 nitrogen and oxygen atoms in total. The lowest BCUT2D eigenvalue weighted by molar-refractivity contribution is -0.138. The monoisotopic (exact) mass is 550 g/mol. The highest BCUT2D eigenvalue weighted by Crippen LogP contribution is 2.42. The molecular weight excluding hydrogens is 527 g/mol. The van der Waals surface area contributed by atoms with Crippen LogP contribution in [-0.4, -0.2) is 55.3 Å². The number of H-pyrrole nitrogens is 1. The number of pyridine rings is 1. The molecule has 3 aromatic rings. The number of rotatable bonds is 4. The fourth-order valence-electron chi connectivity index (χ4n) is 4.63. The highest BCUT2D eigenvalue weighted by atomic mass is 19.4. The molecule has 1 amide bonds. The molecule has 0 aliphatic carbocycles. The van der Waals surface area contributed by atoms with Crippen molar-refractivity contribution in [1.82, 2.24) is 9.88 Å². The van der Waals surface area contributed by atoms with Crippen LogP contribution < -0.4 is 25.2 Å². The molecule has 0 saturated carbocycles. The fraction of sp³-hybridized carbons (Fsp3) is 0.308. The van der Waals surface area contributed by atoms with Crippen LogP contribution in [0.15, 0.2) is 41.3 Å². The van der Waals surface area contributed by atoms with Crippen LogP contribution in [0.2, 0.25) is 0 Å². The standard InChI is InChI=1S/C26H23F5N4O4/c1-13-11-35(6-5-34(13)2)18-9-17(27)22(14-3-4-19-20(7-14)39-12-38-19)23(28)24(18)33-25(37)15-10-32-21(36)8-16(15)26(29,30)31/h3-4,7-10,13H,5-6,11-12H2,1-2H3,(H,32,36)(H,33,37)/t13-/m0/s1. The molecule has 13 heteroatoms. The van der Waals surface area contributed by atoms with E-state index in [9.17, 15) is 22.8 Å². The van der Waals surface area contributed by atoms with E-state index in [1.807, 2.05) is 23.9 Å². The molecule has 3 heterocycles. The van der Waals surface area contributed by atoms with Gasteiger partial charge in [0.1, 0.15) is 11.5 Å². The minimum Gasteiger partial charge on any atom is -0.454 e. The number of anilines is 2. The van der Waals surface area contributed by atoms with E-state index in [-0.39, 0.29) is 35.9 Å². The first kappa shape index (κ1) is 26.5. The van der Waals surface area contributed by atoms with Crippen molar-refractivity contribution in [3.63, 3.8) is 0 Å². The highest BCUT2D eigenvalue weighted by Gasteiger charge is 2.37. The van der Waals surface area contributed by atoms with Crippen molar-refractivity contribution >= 4 is 17.3 Å². The first-order valence-electron chi connectivity index (χ1n) is 11.9. The fourth-order valence-corrected chi connectivity index (χ4v) is 4.63. The summed E-state index contributed by atoms with van der Waals surface area (Å²) in [6, 6.07) is 5.53. The van der Waals surface area contributed by atoms with Gasteiger partial charge in [0.15, 0.2) is 17.3 Å². The van der Waals surface area contributed by atoms with Crippen molar-refractivity contribution in [3.05, 3.63) is 69.6 Å². The Kier molecular flexibility index (Phi) is 6.70. The lowest BCUT2D eigenvalue weighted by Gasteiger charge is -2.39. The number of carbonyl (C=O) groups is 1. The number of alkyl halides is 3. The topological polar surface area (TPSA) is 86.9 Å². The maximum atomic E-state index is 16.2. The van der Waals surface area contributed by atoms with Gasteiger partial charge >= 0.3 is 6.18 Å². The van der Waals surface area contributed by atoms with Gasteiger partial charge in [0.25, 0.3) is 5.91 Å². The van der Waals surface area contributed by atoms with Gasteiger partial charge in [-0.2, -0.15) is 13.2 Å². The van der Waals surface area contributed by atoms with E-state index >= 15 is 8.78 Å². The van der Waals surface area contributed by atoms with E-state index in [1.165, 1.54) is 18.2 Å². The summed E-state index contributed by atoms with van der Waals surface area (Å²) in [5, 5.41) is 2.23. The minimum absolute atomic E-state index is 0.0157. The predicted molar refractivity (Wildman–Crippen MR) is 132 cm³/mol. The largest absolute Gasteiger partial charge is 0.454 e. The van der Waals surface area contributed by atoms with Crippen molar-refractivity contribution in [3.8, 4) is 22.6 Å². The molecule has 0 bridgehead atoms. The highest BCUT2D eigenvalue weighted by molar-refractivity contribution is 6.07. The predicted octanol–water partition coefficient (Wildman–Crippen LogP) is 4.46. The number of hydrogen-bond acceptors (Lipinski definition) is 6. The Labute approximate surface area is 218 Å². The number of likely N-dealkylation sites (N-methyl/N-ethyl adjacent to an activating group) is 1. The van der Waals surface area contributed by atoms with Gasteiger partial charge in [-0.1, -0.05) is 6.07 Å². The number of nitrogens with zero attached hydrogens (tertiary/aromatic N) is 2. The van der Waals surface area contributed by atoms with Crippen LogP contribution in [-0.2, 0) is 6.18 Å². The van der Waals surface area contributed by atoms with Crippen LogP contribution >= 0.6 is 0 Å². The number of amides is 1. The van der Waals surface area contributed by atoms with E-state index in [0.29, 0.717) is 31.6 Å². The van der Waals surface area contributed by atoms with Crippen LogP contribution in [0.25, 0.3) is 11.1 Å². The molecule has 206 valence electrons. The van der Waals surface area contributed by atoms with Gasteiger partial charge < -0.3 is 29.6 Å². The molecule has 2 aliphatic heterocycles. The summed E-state index contributed by atoms with van der Waals surface area (Å²) in [4.78, 5) is 30.4. The Morgan fingerprint density at radius 3 is 2.56 bits per heavy atom. The van der Waals surface area contributed by atoms with Gasteiger partial charge in [-0.3, -0.25) is 9.59 Å². The lowest BCUT2D eigenvalue weighted by atomic mass is 10.0. The average Bonchev–Trinajstić information content (AvgIpc) is 3.35. The van der Waals surface area contributed by atoms with Gasteiger partial charge in [0, 0.05) is 44.0 Å². The third-order valence-electron chi connectivity index (χ3n) is 6.87. The van der Waals surface area contributed by atoms with Crippen LogP contribution in [0.1, 0.15) is 22.8 Å². The normalized spacial score (nSPS) is 17.4. The number of halogens is 5.